The van der Waals surface area contributed by atoms with Crippen molar-refractivity contribution in [3.63, 3.8) is 0 Å². The normalized spacial score (nSPS) is 13.5. The zero-order chi connectivity index (χ0) is 10.6. The molecule has 4 heteroatoms. The molecule has 80 valence electrons. The van der Waals surface area contributed by atoms with Gasteiger partial charge in [0.15, 0.2) is 0 Å². The average molecular weight is 277 g/mol. The van der Waals surface area contributed by atoms with Crippen LogP contribution in [0.1, 0.15) is 18.7 Å². The summed E-state index contributed by atoms with van der Waals surface area (Å²) in [5.41, 5.74) is 5.92. The predicted molar refractivity (Wildman–Crippen MR) is 66.5 cm³/mol. The summed E-state index contributed by atoms with van der Waals surface area (Å²) >= 11 is 5.19. The maximum Gasteiger partial charge on any atom is 0.0300 e. The summed E-state index contributed by atoms with van der Waals surface area (Å²) in [5.74, 6) is 0.539. The molecule has 1 rings (SSSR count). The van der Waals surface area contributed by atoms with E-state index in [0.29, 0.717) is 5.92 Å². The fraction of sp³-hybridized carbons (Fsp3) is 0.600. The second-order valence-electron chi connectivity index (χ2n) is 3.77. The molecule has 1 aromatic heterocycles. The zero-order valence-corrected chi connectivity index (χ0v) is 11.0. The molecule has 0 aliphatic heterocycles. The molecule has 2 nitrogen and oxygen atoms in total. The quantitative estimate of drug-likeness (QED) is 0.868. The van der Waals surface area contributed by atoms with E-state index in [2.05, 4.69) is 46.5 Å². The Labute approximate surface area is 98.0 Å². The number of nitrogens with one attached hydrogen (secondary N) is 1. The van der Waals surface area contributed by atoms with Crippen molar-refractivity contribution in [3.8, 4) is 0 Å². The van der Waals surface area contributed by atoms with Crippen LogP contribution in [0.5, 0.6) is 0 Å². The van der Waals surface area contributed by atoms with Crippen molar-refractivity contribution in [2.75, 3.05) is 6.54 Å². The number of rotatable bonds is 5. The highest BCUT2D eigenvalue weighted by Gasteiger charge is 2.06. The van der Waals surface area contributed by atoms with Crippen LogP contribution in [-0.4, -0.2) is 12.6 Å². The van der Waals surface area contributed by atoms with Crippen molar-refractivity contribution < 1.29 is 0 Å². The first kappa shape index (κ1) is 12.2. The van der Waals surface area contributed by atoms with Crippen LogP contribution >= 0.6 is 27.3 Å². The first-order chi connectivity index (χ1) is 6.59. The molecule has 0 saturated carbocycles. The monoisotopic (exact) mass is 276 g/mol. The minimum Gasteiger partial charge on any atom is -0.326 e. The highest BCUT2D eigenvalue weighted by Crippen LogP contribution is 2.19. The third kappa shape index (κ3) is 4.09. The Hall–Kier alpha value is 0.1000. The van der Waals surface area contributed by atoms with Crippen LogP contribution in [0.25, 0.3) is 0 Å². The Morgan fingerprint density at radius 1 is 1.57 bits per heavy atom. The van der Waals surface area contributed by atoms with E-state index in [1.54, 1.807) is 11.3 Å². The highest BCUT2D eigenvalue weighted by molar-refractivity contribution is 9.10. The van der Waals surface area contributed by atoms with Gasteiger partial charge in [0.2, 0.25) is 0 Å². The maximum absolute atomic E-state index is 5.92. The molecule has 0 saturated heterocycles. The lowest BCUT2D eigenvalue weighted by molar-refractivity contribution is 0.459. The van der Waals surface area contributed by atoms with Crippen molar-refractivity contribution >= 4 is 27.3 Å². The minimum absolute atomic E-state index is 0.249. The molecular weight excluding hydrogens is 260 g/mol. The van der Waals surface area contributed by atoms with E-state index in [-0.39, 0.29) is 6.04 Å². The van der Waals surface area contributed by atoms with E-state index in [1.807, 2.05) is 0 Å². The van der Waals surface area contributed by atoms with Gasteiger partial charge in [0.05, 0.1) is 0 Å². The fourth-order valence-corrected chi connectivity index (χ4v) is 2.46. The zero-order valence-electron chi connectivity index (χ0n) is 8.59. The van der Waals surface area contributed by atoms with Crippen LogP contribution in [-0.2, 0) is 6.54 Å². The van der Waals surface area contributed by atoms with Gasteiger partial charge in [-0.05, 0) is 27.9 Å². The lowest BCUT2D eigenvalue weighted by atomic mass is 10.1. The summed E-state index contributed by atoms with van der Waals surface area (Å²) < 4.78 is 1.16. The minimum atomic E-state index is 0.249. The Morgan fingerprint density at radius 3 is 2.79 bits per heavy atom. The molecule has 14 heavy (non-hydrogen) atoms. The molecule has 1 atom stereocenters. The summed E-state index contributed by atoms with van der Waals surface area (Å²) in [6.45, 7) is 6.09. The molecule has 1 heterocycles. The van der Waals surface area contributed by atoms with E-state index in [9.17, 15) is 0 Å². The summed E-state index contributed by atoms with van der Waals surface area (Å²) in [6, 6.07) is 2.39. The molecule has 0 aliphatic rings. The van der Waals surface area contributed by atoms with Crippen molar-refractivity contribution in [2.45, 2.75) is 26.4 Å². The summed E-state index contributed by atoms with van der Waals surface area (Å²) in [4.78, 5) is 1.34. The lowest BCUT2D eigenvalue weighted by Gasteiger charge is -2.15. The summed E-state index contributed by atoms with van der Waals surface area (Å²) in [6.07, 6.45) is 0. The van der Waals surface area contributed by atoms with Gasteiger partial charge < -0.3 is 11.1 Å². The first-order valence-corrected chi connectivity index (χ1v) is 6.46. The van der Waals surface area contributed by atoms with Crippen molar-refractivity contribution in [1.82, 2.24) is 5.32 Å². The third-order valence-electron chi connectivity index (χ3n) is 2.16. The summed E-state index contributed by atoms with van der Waals surface area (Å²) in [7, 11) is 0. The summed E-state index contributed by atoms with van der Waals surface area (Å²) in [5, 5.41) is 5.46. The second-order valence-corrected chi connectivity index (χ2v) is 5.68. The smallest absolute Gasteiger partial charge is 0.0300 e. The molecular formula is C10H17BrN2S. The number of nitrogens with two attached hydrogens (primary N) is 1. The standard InChI is InChI=1S/C10H17BrN2S/c1-7(2)10(12)5-13-4-9-3-8(11)6-14-9/h3,6-7,10,13H,4-5,12H2,1-2H3. The Morgan fingerprint density at radius 2 is 2.29 bits per heavy atom. The van der Waals surface area contributed by atoms with Crippen molar-refractivity contribution in [2.24, 2.45) is 11.7 Å². The van der Waals surface area contributed by atoms with Gasteiger partial charge >= 0.3 is 0 Å². The maximum atomic E-state index is 5.92. The molecule has 1 aromatic rings. The van der Waals surface area contributed by atoms with Gasteiger partial charge in [-0.1, -0.05) is 13.8 Å². The molecule has 0 amide bonds. The highest BCUT2D eigenvalue weighted by atomic mass is 79.9. The van der Waals surface area contributed by atoms with Crippen LogP contribution in [0.15, 0.2) is 15.9 Å². The third-order valence-corrected chi connectivity index (χ3v) is 3.85. The molecule has 0 bridgehead atoms. The number of halogens is 1. The van der Waals surface area contributed by atoms with Crippen LogP contribution in [0.2, 0.25) is 0 Å². The molecule has 0 radical (unpaired) electrons. The Bertz CT molecular complexity index is 273. The lowest BCUT2D eigenvalue weighted by Crippen LogP contribution is -2.37. The van der Waals surface area contributed by atoms with E-state index in [1.165, 1.54) is 4.88 Å². The van der Waals surface area contributed by atoms with E-state index in [0.717, 1.165) is 17.6 Å². The van der Waals surface area contributed by atoms with Crippen molar-refractivity contribution in [3.05, 3.63) is 20.8 Å². The van der Waals surface area contributed by atoms with Gasteiger partial charge in [-0.3, -0.25) is 0 Å². The van der Waals surface area contributed by atoms with E-state index in [4.69, 9.17) is 5.73 Å². The largest absolute Gasteiger partial charge is 0.326 e. The molecule has 0 spiro atoms. The van der Waals surface area contributed by atoms with E-state index < -0.39 is 0 Å². The fourth-order valence-electron chi connectivity index (χ4n) is 1.04. The van der Waals surface area contributed by atoms with Crippen LogP contribution < -0.4 is 11.1 Å². The van der Waals surface area contributed by atoms with Gasteiger partial charge in [-0.2, -0.15) is 0 Å². The number of hydrogen-bond donors (Lipinski definition) is 2. The number of thiophene rings is 1. The van der Waals surface area contributed by atoms with Gasteiger partial charge in [-0.25, -0.2) is 0 Å². The van der Waals surface area contributed by atoms with Crippen molar-refractivity contribution in [1.29, 1.82) is 0 Å². The van der Waals surface area contributed by atoms with Crippen LogP contribution in [0, 0.1) is 5.92 Å². The molecule has 0 fully saturated rings. The Balaban J connectivity index is 2.22. The topological polar surface area (TPSA) is 38.0 Å². The van der Waals surface area contributed by atoms with Gasteiger partial charge in [0, 0.05) is 33.9 Å². The van der Waals surface area contributed by atoms with Crippen LogP contribution in [0.3, 0.4) is 0 Å². The van der Waals surface area contributed by atoms with Crippen LogP contribution in [0.4, 0.5) is 0 Å². The second kappa shape index (κ2) is 5.85. The van der Waals surface area contributed by atoms with Gasteiger partial charge in [0.25, 0.3) is 0 Å². The molecule has 1 unspecified atom stereocenters. The average Bonchev–Trinajstić information content (AvgIpc) is 2.51. The van der Waals surface area contributed by atoms with Gasteiger partial charge in [-0.15, -0.1) is 11.3 Å². The molecule has 0 aliphatic carbocycles. The molecule has 0 aromatic carbocycles. The number of hydrogen-bond acceptors (Lipinski definition) is 3. The Kier molecular flexibility index (Phi) is 5.09. The molecule has 3 N–H and O–H groups in total. The first-order valence-electron chi connectivity index (χ1n) is 4.79. The van der Waals surface area contributed by atoms with Gasteiger partial charge in [0.1, 0.15) is 0 Å². The van der Waals surface area contributed by atoms with E-state index >= 15 is 0 Å². The SMILES string of the molecule is CC(C)C(N)CNCc1cc(Br)cs1. The predicted octanol–water partition coefficient (Wildman–Crippen LogP) is 2.58.